The third kappa shape index (κ3) is 2.41. The first kappa shape index (κ1) is 15.6. The van der Waals surface area contributed by atoms with E-state index in [9.17, 15) is 9.90 Å². The Bertz CT molecular complexity index is 834. The van der Waals surface area contributed by atoms with Gasteiger partial charge in [-0.1, -0.05) is 11.6 Å². The van der Waals surface area contributed by atoms with E-state index in [0.29, 0.717) is 0 Å². The van der Waals surface area contributed by atoms with Crippen LogP contribution in [0, 0.1) is 0 Å². The van der Waals surface area contributed by atoms with Crippen LogP contribution >= 0.6 is 22.9 Å². The summed E-state index contributed by atoms with van der Waals surface area (Å²) in [6.07, 6.45) is 3.93. The fraction of sp³-hybridized carbons (Fsp3) is 0.353. The van der Waals surface area contributed by atoms with Crippen molar-refractivity contribution in [1.82, 2.24) is 5.32 Å². The summed E-state index contributed by atoms with van der Waals surface area (Å²) in [7, 11) is 1.47. The van der Waals surface area contributed by atoms with Crippen molar-refractivity contribution in [1.29, 1.82) is 0 Å². The predicted octanol–water partition coefficient (Wildman–Crippen LogP) is 3.85. The van der Waals surface area contributed by atoms with E-state index in [2.05, 4.69) is 10.6 Å². The number of carbonyl (C=O) groups is 1. The summed E-state index contributed by atoms with van der Waals surface area (Å²) in [6.45, 7) is 0. The van der Waals surface area contributed by atoms with Crippen LogP contribution in [0.2, 0.25) is 5.02 Å². The standard InChI is InChI=1S/C17H17ClN2O3S/c1-23-11-7-8(6-10(18)14(11)21)15-19-16(22)13-9-4-2-3-5-12(9)24-17(13)20-15/h6-7,15,20-21H,2-5H2,1H3,(H,19,22). The molecule has 3 N–H and O–H groups in total. The van der Waals surface area contributed by atoms with E-state index in [-0.39, 0.29) is 22.4 Å². The molecule has 1 amide bonds. The predicted molar refractivity (Wildman–Crippen MR) is 94.5 cm³/mol. The van der Waals surface area contributed by atoms with Crippen LogP contribution in [-0.4, -0.2) is 18.1 Å². The normalized spacial score (nSPS) is 19.1. The number of aryl methyl sites for hydroxylation is 1. The number of benzene rings is 1. The zero-order valence-electron chi connectivity index (χ0n) is 13.1. The van der Waals surface area contributed by atoms with Crippen LogP contribution < -0.4 is 15.4 Å². The summed E-state index contributed by atoms with van der Waals surface area (Å²) in [5.74, 6) is 0.124. The molecule has 126 valence electrons. The second kappa shape index (κ2) is 5.86. The lowest BCUT2D eigenvalue weighted by atomic mass is 9.94. The summed E-state index contributed by atoms with van der Waals surface area (Å²) in [6, 6.07) is 3.31. The van der Waals surface area contributed by atoms with Gasteiger partial charge in [0.05, 0.1) is 17.7 Å². The Hall–Kier alpha value is -1.92. The number of anilines is 1. The quantitative estimate of drug-likeness (QED) is 0.757. The van der Waals surface area contributed by atoms with Gasteiger partial charge in [-0.15, -0.1) is 11.3 Å². The Morgan fingerprint density at radius 2 is 2.08 bits per heavy atom. The number of nitrogens with one attached hydrogen (secondary N) is 2. The van der Waals surface area contributed by atoms with Crippen molar-refractivity contribution < 1.29 is 14.6 Å². The van der Waals surface area contributed by atoms with Crippen LogP contribution in [-0.2, 0) is 12.8 Å². The Morgan fingerprint density at radius 3 is 2.88 bits per heavy atom. The Kier molecular flexibility index (Phi) is 3.81. The van der Waals surface area contributed by atoms with Crippen LogP contribution in [0.4, 0.5) is 5.00 Å². The highest BCUT2D eigenvalue weighted by atomic mass is 35.5. The molecule has 1 aliphatic heterocycles. The first-order valence-corrected chi connectivity index (χ1v) is 9.06. The summed E-state index contributed by atoms with van der Waals surface area (Å²) in [5.41, 5.74) is 2.73. The number of rotatable bonds is 2. The van der Waals surface area contributed by atoms with E-state index in [1.807, 2.05) is 0 Å². The molecule has 7 heteroatoms. The summed E-state index contributed by atoms with van der Waals surface area (Å²) in [4.78, 5) is 14.0. The molecule has 2 aromatic rings. The van der Waals surface area contributed by atoms with Crippen molar-refractivity contribution in [3.05, 3.63) is 38.7 Å². The van der Waals surface area contributed by atoms with Gasteiger partial charge in [0.15, 0.2) is 11.5 Å². The number of phenolic OH excluding ortho intramolecular Hbond substituents is 1. The average molecular weight is 365 g/mol. The molecular weight excluding hydrogens is 348 g/mol. The molecule has 1 atom stereocenters. The molecule has 0 saturated carbocycles. The van der Waals surface area contributed by atoms with Crippen LogP contribution in [0.1, 0.15) is 45.4 Å². The van der Waals surface area contributed by atoms with Crippen LogP contribution in [0.3, 0.4) is 0 Å². The summed E-state index contributed by atoms with van der Waals surface area (Å²) in [5, 5.41) is 17.4. The maximum atomic E-state index is 12.7. The van der Waals surface area contributed by atoms with Crippen molar-refractivity contribution in [2.45, 2.75) is 31.8 Å². The van der Waals surface area contributed by atoms with Crippen molar-refractivity contribution in [3.8, 4) is 11.5 Å². The van der Waals surface area contributed by atoms with Gasteiger partial charge in [-0.05, 0) is 48.9 Å². The Labute approximate surface area is 148 Å². The second-order valence-electron chi connectivity index (χ2n) is 6.02. The number of fused-ring (bicyclic) bond motifs is 3. The minimum atomic E-state index is -0.405. The van der Waals surface area contributed by atoms with E-state index >= 15 is 0 Å². The number of aromatic hydroxyl groups is 1. The number of methoxy groups -OCH3 is 1. The number of amides is 1. The molecule has 0 spiro atoms. The monoisotopic (exact) mass is 364 g/mol. The molecule has 0 radical (unpaired) electrons. The van der Waals surface area contributed by atoms with Gasteiger partial charge >= 0.3 is 0 Å². The number of ether oxygens (including phenoxy) is 1. The molecule has 5 nitrogen and oxygen atoms in total. The lowest BCUT2D eigenvalue weighted by molar-refractivity contribution is 0.0935. The number of hydrogen-bond donors (Lipinski definition) is 3. The zero-order valence-corrected chi connectivity index (χ0v) is 14.7. The fourth-order valence-electron chi connectivity index (χ4n) is 3.36. The highest BCUT2D eigenvalue weighted by Gasteiger charge is 2.32. The molecular formula is C17H17ClN2O3S. The van der Waals surface area contributed by atoms with Gasteiger partial charge in [-0.3, -0.25) is 4.79 Å². The Balaban J connectivity index is 1.72. The molecule has 2 heterocycles. The smallest absolute Gasteiger partial charge is 0.256 e. The largest absolute Gasteiger partial charge is 0.503 e. The van der Waals surface area contributed by atoms with Gasteiger partial charge in [0.1, 0.15) is 11.2 Å². The molecule has 0 saturated heterocycles. The highest BCUT2D eigenvalue weighted by Crippen LogP contribution is 2.43. The third-order valence-corrected chi connectivity index (χ3v) is 6.06. The summed E-state index contributed by atoms with van der Waals surface area (Å²) < 4.78 is 5.15. The fourth-order valence-corrected chi connectivity index (χ4v) is 4.89. The molecule has 2 aliphatic rings. The number of hydrogen-bond acceptors (Lipinski definition) is 5. The van der Waals surface area contributed by atoms with Crippen molar-refractivity contribution in [2.24, 2.45) is 0 Å². The SMILES string of the molecule is COc1cc(C2NC(=O)c3c(sc4c3CCCC4)N2)cc(Cl)c1O. The minimum absolute atomic E-state index is 0.0590. The van der Waals surface area contributed by atoms with Gasteiger partial charge in [0, 0.05) is 4.88 Å². The first-order chi connectivity index (χ1) is 11.6. The first-order valence-electron chi connectivity index (χ1n) is 7.87. The van der Waals surface area contributed by atoms with Gasteiger partial charge in [-0.25, -0.2) is 0 Å². The van der Waals surface area contributed by atoms with Crippen molar-refractivity contribution >= 4 is 33.8 Å². The van der Waals surface area contributed by atoms with Gasteiger partial charge in [-0.2, -0.15) is 0 Å². The van der Waals surface area contributed by atoms with Gasteiger partial charge < -0.3 is 20.5 Å². The van der Waals surface area contributed by atoms with E-state index in [4.69, 9.17) is 16.3 Å². The molecule has 1 aliphatic carbocycles. The summed E-state index contributed by atoms with van der Waals surface area (Å²) >= 11 is 7.74. The van der Waals surface area contributed by atoms with Crippen LogP contribution in [0.25, 0.3) is 0 Å². The molecule has 1 aromatic carbocycles. The minimum Gasteiger partial charge on any atom is -0.503 e. The zero-order chi connectivity index (χ0) is 16.8. The highest BCUT2D eigenvalue weighted by molar-refractivity contribution is 7.16. The lowest BCUT2D eigenvalue weighted by Gasteiger charge is -2.27. The number of phenols is 1. The Morgan fingerprint density at radius 1 is 1.29 bits per heavy atom. The van der Waals surface area contributed by atoms with Gasteiger partial charge in [0.2, 0.25) is 0 Å². The van der Waals surface area contributed by atoms with Crippen molar-refractivity contribution in [2.75, 3.05) is 12.4 Å². The topological polar surface area (TPSA) is 70.6 Å². The molecule has 0 bridgehead atoms. The van der Waals surface area contributed by atoms with E-state index < -0.39 is 6.17 Å². The maximum Gasteiger partial charge on any atom is 0.256 e. The average Bonchev–Trinajstić information content (AvgIpc) is 2.96. The number of carbonyl (C=O) groups excluding carboxylic acids is 1. The van der Waals surface area contributed by atoms with E-state index in [1.54, 1.807) is 23.5 Å². The number of halogens is 1. The molecule has 1 aromatic heterocycles. The van der Waals surface area contributed by atoms with E-state index in [1.165, 1.54) is 24.0 Å². The second-order valence-corrected chi connectivity index (χ2v) is 7.53. The molecule has 24 heavy (non-hydrogen) atoms. The number of thiophene rings is 1. The molecule has 4 rings (SSSR count). The lowest BCUT2D eigenvalue weighted by Crippen LogP contribution is -2.38. The maximum absolute atomic E-state index is 12.7. The van der Waals surface area contributed by atoms with Crippen molar-refractivity contribution in [3.63, 3.8) is 0 Å². The van der Waals surface area contributed by atoms with E-state index in [0.717, 1.165) is 35.4 Å². The van der Waals surface area contributed by atoms with Crippen LogP contribution in [0.5, 0.6) is 11.5 Å². The van der Waals surface area contributed by atoms with Gasteiger partial charge in [0.25, 0.3) is 5.91 Å². The third-order valence-electron chi connectivity index (χ3n) is 4.55. The van der Waals surface area contributed by atoms with Crippen LogP contribution in [0.15, 0.2) is 12.1 Å². The molecule has 0 fully saturated rings. The molecule has 1 unspecified atom stereocenters.